The van der Waals surface area contributed by atoms with Crippen LogP contribution in [0.25, 0.3) is 4.96 Å². The van der Waals surface area contributed by atoms with E-state index in [2.05, 4.69) is 29.4 Å². The number of fused-ring (bicyclic) bond motifs is 1. The number of thiazole rings is 1. The second-order valence-corrected chi connectivity index (χ2v) is 6.85. The summed E-state index contributed by atoms with van der Waals surface area (Å²) in [6.45, 7) is 11.4. The SMILES string of the molecule is Cc1c(C(=O)NCCCOC(C)C)sc2nnc(C(C)C)n12. The molecule has 0 aromatic carbocycles. The monoisotopic (exact) mass is 324 g/mol. The van der Waals surface area contributed by atoms with Crippen molar-refractivity contribution in [3.8, 4) is 0 Å². The quantitative estimate of drug-likeness (QED) is 0.795. The van der Waals surface area contributed by atoms with Crippen LogP contribution in [-0.4, -0.2) is 39.8 Å². The molecule has 0 aliphatic carbocycles. The van der Waals surface area contributed by atoms with E-state index in [1.54, 1.807) is 0 Å². The zero-order valence-corrected chi connectivity index (χ0v) is 14.7. The Morgan fingerprint density at radius 2 is 2.05 bits per heavy atom. The van der Waals surface area contributed by atoms with Gasteiger partial charge in [0.25, 0.3) is 5.91 Å². The second kappa shape index (κ2) is 7.19. The van der Waals surface area contributed by atoms with E-state index in [1.807, 2.05) is 25.2 Å². The molecule has 0 aliphatic rings. The van der Waals surface area contributed by atoms with E-state index < -0.39 is 0 Å². The highest BCUT2D eigenvalue weighted by Crippen LogP contribution is 2.25. The van der Waals surface area contributed by atoms with E-state index in [4.69, 9.17) is 4.74 Å². The lowest BCUT2D eigenvalue weighted by molar-refractivity contribution is 0.0757. The molecular formula is C15H24N4O2S. The molecule has 122 valence electrons. The highest BCUT2D eigenvalue weighted by Gasteiger charge is 2.20. The van der Waals surface area contributed by atoms with Crippen molar-refractivity contribution < 1.29 is 9.53 Å². The van der Waals surface area contributed by atoms with E-state index in [0.717, 1.165) is 22.9 Å². The molecule has 0 spiro atoms. The Morgan fingerprint density at radius 3 is 2.68 bits per heavy atom. The third-order valence-corrected chi connectivity index (χ3v) is 4.43. The molecule has 1 N–H and O–H groups in total. The summed E-state index contributed by atoms with van der Waals surface area (Å²) in [6.07, 6.45) is 1.04. The van der Waals surface area contributed by atoms with Gasteiger partial charge >= 0.3 is 0 Å². The molecule has 2 aromatic rings. The topological polar surface area (TPSA) is 68.5 Å². The van der Waals surface area contributed by atoms with Gasteiger partial charge in [-0.25, -0.2) is 0 Å². The third kappa shape index (κ3) is 3.64. The molecule has 0 fully saturated rings. The number of carbonyl (C=O) groups excluding carboxylic acids is 1. The first-order chi connectivity index (χ1) is 10.4. The lowest BCUT2D eigenvalue weighted by Gasteiger charge is -2.08. The number of amides is 1. The van der Waals surface area contributed by atoms with Crippen LogP contribution in [-0.2, 0) is 4.74 Å². The number of ether oxygens (including phenoxy) is 1. The van der Waals surface area contributed by atoms with Gasteiger partial charge in [0.05, 0.1) is 6.10 Å². The Labute approximate surface area is 134 Å². The highest BCUT2D eigenvalue weighted by molar-refractivity contribution is 7.19. The highest BCUT2D eigenvalue weighted by atomic mass is 32.1. The fourth-order valence-corrected chi connectivity index (χ4v) is 3.18. The van der Waals surface area contributed by atoms with Gasteiger partial charge < -0.3 is 10.1 Å². The minimum absolute atomic E-state index is 0.0488. The van der Waals surface area contributed by atoms with Gasteiger partial charge in [0.2, 0.25) is 4.96 Å². The lowest BCUT2D eigenvalue weighted by Crippen LogP contribution is -2.25. The zero-order chi connectivity index (χ0) is 16.3. The Hall–Kier alpha value is -1.47. The van der Waals surface area contributed by atoms with E-state index >= 15 is 0 Å². The Kier molecular flexibility index (Phi) is 5.52. The molecule has 0 atom stereocenters. The fourth-order valence-electron chi connectivity index (χ4n) is 2.19. The third-order valence-electron chi connectivity index (χ3n) is 3.30. The molecule has 1 amide bonds. The first-order valence-corrected chi connectivity index (χ1v) is 8.47. The summed E-state index contributed by atoms with van der Waals surface area (Å²) in [5.74, 6) is 1.12. The van der Waals surface area contributed by atoms with Crippen molar-refractivity contribution >= 4 is 22.2 Å². The molecule has 2 rings (SSSR count). The summed E-state index contributed by atoms with van der Waals surface area (Å²) in [5, 5.41) is 11.3. The van der Waals surface area contributed by atoms with Gasteiger partial charge in [-0.3, -0.25) is 9.20 Å². The fraction of sp³-hybridized carbons (Fsp3) is 0.667. The van der Waals surface area contributed by atoms with Crippen molar-refractivity contribution in [2.45, 2.75) is 53.1 Å². The van der Waals surface area contributed by atoms with Crippen LogP contribution < -0.4 is 5.32 Å². The van der Waals surface area contributed by atoms with E-state index in [1.165, 1.54) is 11.3 Å². The first-order valence-electron chi connectivity index (χ1n) is 7.66. The number of hydrogen-bond acceptors (Lipinski definition) is 5. The Morgan fingerprint density at radius 1 is 1.32 bits per heavy atom. The molecule has 2 aromatic heterocycles. The molecule has 22 heavy (non-hydrogen) atoms. The predicted octanol–water partition coefficient (Wildman–Crippen LogP) is 2.77. The van der Waals surface area contributed by atoms with Crippen molar-refractivity contribution in [2.75, 3.05) is 13.2 Å². The zero-order valence-electron chi connectivity index (χ0n) is 13.8. The minimum Gasteiger partial charge on any atom is -0.379 e. The van der Waals surface area contributed by atoms with Gasteiger partial charge in [0.1, 0.15) is 10.7 Å². The number of rotatable bonds is 7. The van der Waals surface area contributed by atoms with Gasteiger partial charge in [-0.05, 0) is 27.2 Å². The maximum Gasteiger partial charge on any atom is 0.263 e. The van der Waals surface area contributed by atoms with Gasteiger partial charge in [0, 0.05) is 24.8 Å². The molecule has 0 unspecified atom stereocenters. The molecule has 2 heterocycles. The van der Waals surface area contributed by atoms with Gasteiger partial charge in [-0.15, -0.1) is 10.2 Å². The standard InChI is InChI=1S/C15H24N4O2S/c1-9(2)13-17-18-15-19(13)11(5)12(22-15)14(20)16-7-6-8-21-10(3)4/h9-10H,6-8H2,1-5H3,(H,16,20). The van der Waals surface area contributed by atoms with Crippen molar-refractivity contribution in [3.63, 3.8) is 0 Å². The number of nitrogens with one attached hydrogen (secondary N) is 1. The first kappa shape index (κ1) is 16.9. The Balaban J connectivity index is 2.01. The summed E-state index contributed by atoms with van der Waals surface area (Å²) >= 11 is 1.38. The van der Waals surface area contributed by atoms with Crippen molar-refractivity contribution in [1.29, 1.82) is 0 Å². The average molecular weight is 324 g/mol. The maximum atomic E-state index is 12.3. The van der Waals surface area contributed by atoms with Crippen LogP contribution in [0, 0.1) is 6.92 Å². The van der Waals surface area contributed by atoms with E-state index in [9.17, 15) is 4.79 Å². The number of aryl methyl sites for hydroxylation is 1. The van der Waals surface area contributed by atoms with Gasteiger partial charge in [-0.2, -0.15) is 0 Å². The minimum atomic E-state index is -0.0488. The summed E-state index contributed by atoms with van der Waals surface area (Å²) < 4.78 is 7.44. The van der Waals surface area contributed by atoms with Crippen LogP contribution in [0.2, 0.25) is 0 Å². The van der Waals surface area contributed by atoms with Gasteiger partial charge in [0.15, 0.2) is 0 Å². The molecule has 7 heteroatoms. The Bertz CT molecular complexity index is 645. The summed E-state index contributed by atoms with van der Waals surface area (Å²) in [5.41, 5.74) is 0.907. The van der Waals surface area contributed by atoms with Crippen LogP contribution in [0.1, 0.15) is 61.2 Å². The van der Waals surface area contributed by atoms with E-state index in [0.29, 0.717) is 18.0 Å². The van der Waals surface area contributed by atoms with Crippen LogP contribution in [0.4, 0.5) is 0 Å². The average Bonchev–Trinajstić information content (AvgIpc) is 2.98. The number of hydrogen-bond donors (Lipinski definition) is 1. The normalized spacial score (nSPS) is 11.8. The number of aromatic nitrogens is 3. The molecular weight excluding hydrogens is 300 g/mol. The summed E-state index contributed by atoms with van der Waals surface area (Å²) in [4.78, 5) is 13.8. The molecule has 0 saturated heterocycles. The largest absolute Gasteiger partial charge is 0.379 e. The molecule has 0 bridgehead atoms. The molecule has 0 aliphatic heterocycles. The van der Waals surface area contributed by atoms with Crippen LogP contribution in [0.15, 0.2) is 0 Å². The summed E-state index contributed by atoms with van der Waals surface area (Å²) in [7, 11) is 0. The predicted molar refractivity (Wildman–Crippen MR) is 87.7 cm³/mol. The van der Waals surface area contributed by atoms with Crippen molar-refractivity contribution in [2.24, 2.45) is 0 Å². The number of nitrogens with zero attached hydrogens (tertiary/aromatic N) is 3. The second-order valence-electron chi connectivity index (χ2n) is 5.88. The molecule has 0 saturated carbocycles. The number of carbonyl (C=O) groups is 1. The van der Waals surface area contributed by atoms with Crippen molar-refractivity contribution in [1.82, 2.24) is 19.9 Å². The van der Waals surface area contributed by atoms with Crippen LogP contribution in [0.5, 0.6) is 0 Å². The smallest absolute Gasteiger partial charge is 0.263 e. The van der Waals surface area contributed by atoms with Crippen molar-refractivity contribution in [3.05, 3.63) is 16.4 Å². The van der Waals surface area contributed by atoms with Crippen LogP contribution >= 0.6 is 11.3 Å². The lowest BCUT2D eigenvalue weighted by atomic mass is 10.2. The molecule has 0 radical (unpaired) electrons. The van der Waals surface area contributed by atoms with Crippen LogP contribution in [0.3, 0.4) is 0 Å². The maximum absolute atomic E-state index is 12.3. The van der Waals surface area contributed by atoms with Gasteiger partial charge in [-0.1, -0.05) is 25.2 Å². The van der Waals surface area contributed by atoms with E-state index in [-0.39, 0.29) is 17.9 Å². The summed E-state index contributed by atoms with van der Waals surface area (Å²) in [6, 6.07) is 0. The molecule has 6 nitrogen and oxygen atoms in total.